The summed E-state index contributed by atoms with van der Waals surface area (Å²) in [6.07, 6.45) is 3.81. The summed E-state index contributed by atoms with van der Waals surface area (Å²) in [7, 11) is 1.57. The maximum atomic E-state index is 5.58. The van der Waals surface area contributed by atoms with Crippen LogP contribution in [0.4, 0.5) is 11.8 Å². The van der Waals surface area contributed by atoms with Crippen LogP contribution in [-0.4, -0.2) is 23.6 Å². The zero-order chi connectivity index (χ0) is 11.6. The number of methoxy groups -OCH3 is 1. The SMILES string of the molecule is CCC1(CNc2cc(OC)nc(N)n2)CC1. The van der Waals surface area contributed by atoms with E-state index in [1.54, 1.807) is 13.2 Å². The Morgan fingerprint density at radius 2 is 2.25 bits per heavy atom. The number of ether oxygens (including phenoxy) is 1. The smallest absolute Gasteiger partial charge is 0.225 e. The quantitative estimate of drug-likeness (QED) is 0.792. The van der Waals surface area contributed by atoms with Gasteiger partial charge in [0.05, 0.1) is 7.11 Å². The molecule has 1 aromatic rings. The van der Waals surface area contributed by atoms with E-state index in [4.69, 9.17) is 10.5 Å². The molecular weight excluding hydrogens is 204 g/mol. The van der Waals surface area contributed by atoms with Gasteiger partial charge in [-0.2, -0.15) is 9.97 Å². The van der Waals surface area contributed by atoms with Gasteiger partial charge in [0.2, 0.25) is 11.8 Å². The summed E-state index contributed by atoms with van der Waals surface area (Å²) < 4.78 is 5.04. The lowest BCUT2D eigenvalue weighted by molar-refractivity contribution is 0.398. The Morgan fingerprint density at radius 1 is 1.50 bits per heavy atom. The van der Waals surface area contributed by atoms with E-state index in [0.29, 0.717) is 11.3 Å². The lowest BCUT2D eigenvalue weighted by atomic mass is 10.0. The summed E-state index contributed by atoms with van der Waals surface area (Å²) in [5.41, 5.74) is 6.06. The monoisotopic (exact) mass is 222 g/mol. The number of nitrogens with zero attached hydrogens (tertiary/aromatic N) is 2. The first kappa shape index (κ1) is 11.0. The van der Waals surface area contributed by atoms with Gasteiger partial charge in [-0.3, -0.25) is 0 Å². The van der Waals surface area contributed by atoms with Crippen molar-refractivity contribution in [2.45, 2.75) is 26.2 Å². The molecule has 16 heavy (non-hydrogen) atoms. The third kappa shape index (κ3) is 2.35. The fourth-order valence-electron chi connectivity index (χ4n) is 1.75. The molecule has 0 bridgehead atoms. The first-order valence-corrected chi connectivity index (χ1v) is 5.60. The lowest BCUT2D eigenvalue weighted by Crippen LogP contribution is -2.15. The minimum atomic E-state index is 0.239. The number of aromatic nitrogens is 2. The van der Waals surface area contributed by atoms with Crippen molar-refractivity contribution in [3.05, 3.63) is 6.07 Å². The minimum Gasteiger partial charge on any atom is -0.481 e. The van der Waals surface area contributed by atoms with Crippen LogP contribution in [0.5, 0.6) is 5.88 Å². The number of rotatable bonds is 5. The van der Waals surface area contributed by atoms with Crippen molar-refractivity contribution in [1.82, 2.24) is 9.97 Å². The van der Waals surface area contributed by atoms with Crippen LogP contribution in [0.3, 0.4) is 0 Å². The Bertz CT molecular complexity index is 376. The number of nitrogens with one attached hydrogen (secondary N) is 1. The lowest BCUT2D eigenvalue weighted by Gasteiger charge is -2.14. The molecule has 0 spiro atoms. The zero-order valence-electron chi connectivity index (χ0n) is 9.79. The maximum absolute atomic E-state index is 5.58. The van der Waals surface area contributed by atoms with Gasteiger partial charge in [0.1, 0.15) is 5.82 Å². The van der Waals surface area contributed by atoms with Crippen LogP contribution in [-0.2, 0) is 0 Å². The van der Waals surface area contributed by atoms with Gasteiger partial charge in [-0.15, -0.1) is 0 Å². The van der Waals surface area contributed by atoms with Crippen LogP contribution in [0.15, 0.2) is 6.07 Å². The summed E-state index contributed by atoms with van der Waals surface area (Å²) in [4.78, 5) is 8.06. The van der Waals surface area contributed by atoms with Crippen molar-refractivity contribution in [3.63, 3.8) is 0 Å². The third-order valence-corrected chi connectivity index (χ3v) is 3.28. The molecule has 88 valence electrons. The molecule has 5 heteroatoms. The highest BCUT2D eigenvalue weighted by atomic mass is 16.5. The van der Waals surface area contributed by atoms with Gasteiger partial charge in [0, 0.05) is 12.6 Å². The van der Waals surface area contributed by atoms with Crippen LogP contribution in [0.25, 0.3) is 0 Å². The molecule has 0 atom stereocenters. The van der Waals surface area contributed by atoms with Crippen molar-refractivity contribution in [2.24, 2.45) is 5.41 Å². The van der Waals surface area contributed by atoms with E-state index in [0.717, 1.165) is 12.4 Å². The summed E-state index contributed by atoms with van der Waals surface area (Å²) in [5.74, 6) is 1.48. The molecule has 5 nitrogen and oxygen atoms in total. The van der Waals surface area contributed by atoms with Crippen LogP contribution in [0, 0.1) is 5.41 Å². The summed E-state index contributed by atoms with van der Waals surface area (Å²) in [5, 5.41) is 3.30. The van der Waals surface area contributed by atoms with E-state index < -0.39 is 0 Å². The van der Waals surface area contributed by atoms with Gasteiger partial charge in [-0.1, -0.05) is 6.92 Å². The maximum Gasteiger partial charge on any atom is 0.225 e. The van der Waals surface area contributed by atoms with Gasteiger partial charge < -0.3 is 15.8 Å². The molecule has 0 radical (unpaired) electrons. The van der Waals surface area contributed by atoms with E-state index in [1.807, 2.05) is 0 Å². The third-order valence-electron chi connectivity index (χ3n) is 3.28. The highest BCUT2D eigenvalue weighted by molar-refractivity contribution is 5.43. The minimum absolute atomic E-state index is 0.239. The number of hydrogen-bond acceptors (Lipinski definition) is 5. The van der Waals surface area contributed by atoms with E-state index in [1.165, 1.54) is 19.3 Å². The van der Waals surface area contributed by atoms with Crippen LogP contribution >= 0.6 is 0 Å². The number of anilines is 2. The molecule has 0 aliphatic heterocycles. The summed E-state index contributed by atoms with van der Waals surface area (Å²) in [6.45, 7) is 3.17. The molecule has 0 amide bonds. The molecule has 2 rings (SSSR count). The van der Waals surface area contributed by atoms with Crippen molar-refractivity contribution >= 4 is 11.8 Å². The van der Waals surface area contributed by atoms with Gasteiger partial charge in [0.25, 0.3) is 0 Å². The standard InChI is InChI=1S/C11H18N4O/c1-3-11(4-5-11)7-13-8-6-9(16-2)15-10(12)14-8/h6H,3-5,7H2,1-2H3,(H3,12,13,14,15). The Hall–Kier alpha value is -1.52. The van der Waals surface area contributed by atoms with E-state index in [9.17, 15) is 0 Å². The van der Waals surface area contributed by atoms with Crippen molar-refractivity contribution in [2.75, 3.05) is 24.7 Å². The normalized spacial score (nSPS) is 16.9. The van der Waals surface area contributed by atoms with Crippen LogP contribution in [0.2, 0.25) is 0 Å². The Kier molecular flexibility index (Phi) is 2.85. The Morgan fingerprint density at radius 3 is 2.81 bits per heavy atom. The van der Waals surface area contributed by atoms with Crippen molar-refractivity contribution < 1.29 is 4.74 Å². The highest BCUT2D eigenvalue weighted by Gasteiger charge is 2.40. The molecule has 3 N–H and O–H groups in total. The Labute approximate surface area is 95.4 Å². The van der Waals surface area contributed by atoms with Crippen molar-refractivity contribution in [3.8, 4) is 5.88 Å². The average Bonchev–Trinajstić information content (AvgIpc) is 3.06. The fraction of sp³-hybridized carbons (Fsp3) is 0.636. The molecular formula is C11H18N4O. The molecule has 1 aromatic heterocycles. The summed E-state index contributed by atoms with van der Waals surface area (Å²) >= 11 is 0. The van der Waals surface area contributed by atoms with E-state index >= 15 is 0 Å². The number of hydrogen-bond donors (Lipinski definition) is 2. The zero-order valence-corrected chi connectivity index (χ0v) is 9.79. The van der Waals surface area contributed by atoms with Gasteiger partial charge >= 0.3 is 0 Å². The first-order valence-electron chi connectivity index (χ1n) is 5.60. The molecule has 0 saturated heterocycles. The second kappa shape index (κ2) is 4.15. The first-order chi connectivity index (χ1) is 7.67. The van der Waals surface area contributed by atoms with E-state index in [2.05, 4.69) is 22.2 Å². The molecule has 1 heterocycles. The van der Waals surface area contributed by atoms with Crippen LogP contribution < -0.4 is 15.8 Å². The highest BCUT2D eigenvalue weighted by Crippen LogP contribution is 2.48. The predicted molar refractivity (Wildman–Crippen MR) is 63.4 cm³/mol. The predicted octanol–water partition coefficient (Wildman–Crippen LogP) is 1.67. The molecule has 0 aromatic carbocycles. The largest absolute Gasteiger partial charge is 0.481 e. The van der Waals surface area contributed by atoms with Crippen LogP contribution in [0.1, 0.15) is 26.2 Å². The second-order valence-electron chi connectivity index (χ2n) is 4.36. The molecule has 1 fully saturated rings. The molecule has 1 saturated carbocycles. The van der Waals surface area contributed by atoms with E-state index in [-0.39, 0.29) is 5.95 Å². The molecule has 1 aliphatic rings. The average molecular weight is 222 g/mol. The summed E-state index contributed by atoms with van der Waals surface area (Å²) in [6, 6.07) is 1.77. The molecule has 0 unspecified atom stereocenters. The molecule has 1 aliphatic carbocycles. The topological polar surface area (TPSA) is 73.1 Å². The Balaban J connectivity index is 2.01. The van der Waals surface area contributed by atoms with Crippen molar-refractivity contribution in [1.29, 1.82) is 0 Å². The van der Waals surface area contributed by atoms with Gasteiger partial charge in [-0.05, 0) is 24.7 Å². The fourth-order valence-corrected chi connectivity index (χ4v) is 1.75. The van der Waals surface area contributed by atoms with Gasteiger partial charge in [0.15, 0.2) is 0 Å². The second-order valence-corrected chi connectivity index (χ2v) is 4.36. The van der Waals surface area contributed by atoms with Gasteiger partial charge in [-0.25, -0.2) is 0 Å². The number of nitrogen functional groups attached to an aromatic ring is 1. The number of nitrogens with two attached hydrogens (primary N) is 1.